The minimum atomic E-state index is -0.842. The summed E-state index contributed by atoms with van der Waals surface area (Å²) in [5.74, 6) is 0.913. The van der Waals surface area contributed by atoms with Gasteiger partial charge in [-0.15, -0.1) is 0 Å². The molecule has 5 saturated carbocycles. The molecule has 1 unspecified atom stereocenters. The first-order valence-corrected chi connectivity index (χ1v) is 15.6. The van der Waals surface area contributed by atoms with Gasteiger partial charge < -0.3 is 20.1 Å². The molecule has 0 aromatic carbocycles. The molecule has 12 atom stereocenters. The van der Waals surface area contributed by atoms with Gasteiger partial charge in [0.05, 0.1) is 29.5 Å². The largest absolute Gasteiger partial charge is 0.393 e. The second-order valence-electron chi connectivity index (χ2n) is 15.9. The number of aliphatic hydroxyl groups excluding tert-OH is 2. The number of alkyl halides is 1. The van der Waals surface area contributed by atoms with Crippen LogP contribution in [0.5, 0.6) is 0 Å². The summed E-state index contributed by atoms with van der Waals surface area (Å²) in [6.45, 7) is 16.1. The first-order chi connectivity index (χ1) is 16.0. The Morgan fingerprint density at radius 2 is 1.51 bits per heavy atom. The van der Waals surface area contributed by atoms with Gasteiger partial charge in [0.1, 0.15) is 0 Å². The Kier molecular flexibility index (Phi) is 5.31. The molecule has 0 amide bonds. The minimum Gasteiger partial charge on any atom is -0.393 e. The fourth-order valence-corrected chi connectivity index (χ4v) is 13.0. The van der Waals surface area contributed by atoms with E-state index in [-0.39, 0.29) is 56.9 Å². The molecular formula is C30H49IO4. The Bertz CT molecular complexity index is 915. The Hall–Kier alpha value is 0.570. The maximum atomic E-state index is 11.9. The van der Waals surface area contributed by atoms with E-state index in [0.29, 0.717) is 15.8 Å². The van der Waals surface area contributed by atoms with E-state index in [1.165, 1.54) is 25.7 Å². The zero-order valence-electron chi connectivity index (χ0n) is 23.0. The van der Waals surface area contributed by atoms with E-state index in [1.54, 1.807) is 0 Å². The first kappa shape index (κ1) is 25.8. The standard InChI is InChI=1S/C30H49IO4/c1-24(2)20(31)8-10-27(6)22(24)17(32)14-19-26(27,5)12-13-29-16-30(11-9-21(35-30)25(3,4)34)23(29)18(33)15-28(19,29)7/h17-23,32-34H,8-16H2,1-7H3/t17-,18-,19+,20+,21-,22-,23?,26+,27-,28-,29-,30-/m0/s1. The summed E-state index contributed by atoms with van der Waals surface area (Å²) in [4.78, 5) is 0. The predicted molar refractivity (Wildman–Crippen MR) is 146 cm³/mol. The topological polar surface area (TPSA) is 69.9 Å². The third kappa shape index (κ3) is 2.84. The van der Waals surface area contributed by atoms with Gasteiger partial charge in [0.25, 0.3) is 0 Å². The summed E-state index contributed by atoms with van der Waals surface area (Å²) in [6, 6.07) is 0. The lowest BCUT2D eigenvalue weighted by Gasteiger charge is -2.76. The Morgan fingerprint density at radius 1 is 0.829 bits per heavy atom. The summed E-state index contributed by atoms with van der Waals surface area (Å²) in [6.07, 6.45) is 8.61. The number of hydrogen-bond acceptors (Lipinski definition) is 4. The Balaban J connectivity index is 1.37. The highest BCUT2D eigenvalue weighted by atomic mass is 127. The fraction of sp³-hybridized carbons (Fsp3) is 1.00. The Labute approximate surface area is 226 Å². The van der Waals surface area contributed by atoms with Crippen LogP contribution >= 0.6 is 22.6 Å². The van der Waals surface area contributed by atoms with Gasteiger partial charge in [0.2, 0.25) is 0 Å². The molecule has 0 aromatic rings. The molecule has 4 nitrogen and oxygen atoms in total. The number of rotatable bonds is 1. The lowest BCUT2D eigenvalue weighted by atomic mass is 9.29. The van der Waals surface area contributed by atoms with Crippen LogP contribution in [0.1, 0.15) is 106 Å². The van der Waals surface area contributed by atoms with Crippen molar-refractivity contribution >= 4 is 22.6 Å². The van der Waals surface area contributed by atoms with Crippen molar-refractivity contribution in [3.8, 4) is 0 Å². The highest BCUT2D eigenvalue weighted by molar-refractivity contribution is 14.1. The average Bonchev–Trinajstić information content (AvgIpc) is 3.23. The summed E-state index contributed by atoms with van der Waals surface area (Å²) in [7, 11) is 0. The van der Waals surface area contributed by atoms with E-state index in [0.717, 1.165) is 32.1 Å². The van der Waals surface area contributed by atoms with E-state index < -0.39 is 5.60 Å². The van der Waals surface area contributed by atoms with Gasteiger partial charge >= 0.3 is 0 Å². The van der Waals surface area contributed by atoms with Crippen LogP contribution in [0.15, 0.2) is 0 Å². The molecule has 5 heteroatoms. The number of aliphatic hydroxyl groups is 3. The molecule has 2 spiro atoms. The van der Waals surface area contributed by atoms with Crippen molar-refractivity contribution in [1.82, 2.24) is 0 Å². The van der Waals surface area contributed by atoms with Crippen LogP contribution in [-0.2, 0) is 4.74 Å². The molecule has 5 aliphatic carbocycles. The van der Waals surface area contributed by atoms with Gasteiger partial charge in [0, 0.05) is 9.84 Å². The monoisotopic (exact) mass is 600 g/mol. The van der Waals surface area contributed by atoms with E-state index in [4.69, 9.17) is 4.74 Å². The first-order valence-electron chi connectivity index (χ1n) is 14.4. The zero-order chi connectivity index (χ0) is 25.6. The molecule has 0 bridgehead atoms. The summed E-state index contributed by atoms with van der Waals surface area (Å²) in [5.41, 5.74) is -0.572. The highest BCUT2D eigenvalue weighted by Gasteiger charge is 2.82. The van der Waals surface area contributed by atoms with Gasteiger partial charge in [0.15, 0.2) is 0 Å². The molecule has 1 saturated heterocycles. The molecule has 1 aliphatic heterocycles. The van der Waals surface area contributed by atoms with Crippen LogP contribution in [0.2, 0.25) is 0 Å². The van der Waals surface area contributed by atoms with Crippen molar-refractivity contribution in [2.75, 3.05) is 0 Å². The third-order valence-electron chi connectivity index (χ3n) is 13.9. The zero-order valence-corrected chi connectivity index (χ0v) is 25.2. The predicted octanol–water partition coefficient (Wildman–Crippen LogP) is 5.88. The van der Waals surface area contributed by atoms with E-state index in [9.17, 15) is 15.3 Å². The number of hydrogen-bond donors (Lipinski definition) is 3. The molecule has 6 fully saturated rings. The van der Waals surface area contributed by atoms with Crippen LogP contribution in [0, 0.1) is 44.8 Å². The fourth-order valence-electron chi connectivity index (χ4n) is 12.3. The third-order valence-corrected chi connectivity index (χ3v) is 16.2. The maximum Gasteiger partial charge on any atom is 0.0865 e. The van der Waals surface area contributed by atoms with Gasteiger partial charge in [-0.1, -0.05) is 57.2 Å². The van der Waals surface area contributed by atoms with Crippen molar-refractivity contribution in [3.05, 3.63) is 0 Å². The summed E-state index contributed by atoms with van der Waals surface area (Å²) in [5, 5.41) is 34.2. The van der Waals surface area contributed by atoms with Crippen LogP contribution in [-0.4, -0.2) is 48.8 Å². The van der Waals surface area contributed by atoms with Gasteiger partial charge in [-0.3, -0.25) is 0 Å². The maximum absolute atomic E-state index is 11.9. The number of halogens is 1. The molecule has 35 heavy (non-hydrogen) atoms. The molecule has 1 heterocycles. The van der Waals surface area contributed by atoms with Crippen LogP contribution in [0.4, 0.5) is 0 Å². The normalized spacial score (nSPS) is 60.9. The second-order valence-corrected chi connectivity index (χ2v) is 17.4. The van der Waals surface area contributed by atoms with Crippen molar-refractivity contribution in [3.63, 3.8) is 0 Å². The second kappa shape index (κ2) is 7.20. The van der Waals surface area contributed by atoms with E-state index in [2.05, 4.69) is 57.2 Å². The lowest BCUT2D eigenvalue weighted by molar-refractivity contribution is -0.313. The number of fused-ring (bicyclic) bond motifs is 5. The van der Waals surface area contributed by atoms with E-state index >= 15 is 0 Å². The smallest absolute Gasteiger partial charge is 0.0865 e. The van der Waals surface area contributed by atoms with Gasteiger partial charge in [-0.2, -0.15) is 0 Å². The van der Waals surface area contributed by atoms with Crippen LogP contribution < -0.4 is 0 Å². The SMILES string of the molecule is CC(C)(O)[C@@H]1CC[C@@]2(C[C@]34CC[C@]5(C)[C@@H](C[C@H](O)[C@H]6C(C)(C)[C@H](I)CC[C@@]65C)[C@]3(C)C[C@H](O)C24)O1. The van der Waals surface area contributed by atoms with Gasteiger partial charge in [-0.25, -0.2) is 0 Å². The van der Waals surface area contributed by atoms with Crippen LogP contribution in [0.3, 0.4) is 0 Å². The van der Waals surface area contributed by atoms with Crippen molar-refractivity contribution in [1.29, 1.82) is 0 Å². The number of ether oxygens (including phenoxy) is 1. The van der Waals surface area contributed by atoms with Gasteiger partial charge in [-0.05, 0) is 111 Å². The molecule has 6 rings (SSSR count). The highest BCUT2D eigenvalue weighted by Crippen LogP contribution is 2.84. The minimum absolute atomic E-state index is 0.0196. The van der Waals surface area contributed by atoms with Crippen molar-refractivity contribution < 1.29 is 20.1 Å². The quantitative estimate of drug-likeness (QED) is 0.260. The molecular weight excluding hydrogens is 551 g/mol. The van der Waals surface area contributed by atoms with Crippen molar-refractivity contribution in [2.45, 2.75) is 140 Å². The molecule has 6 aliphatic rings. The molecule has 0 radical (unpaired) electrons. The lowest BCUT2D eigenvalue weighted by Crippen LogP contribution is -2.73. The molecule has 0 aromatic heterocycles. The van der Waals surface area contributed by atoms with E-state index in [1.807, 2.05) is 13.8 Å². The Morgan fingerprint density at radius 3 is 2.14 bits per heavy atom. The summed E-state index contributed by atoms with van der Waals surface area (Å²) < 4.78 is 7.29. The van der Waals surface area contributed by atoms with Crippen molar-refractivity contribution in [2.24, 2.45) is 44.8 Å². The summed E-state index contributed by atoms with van der Waals surface area (Å²) >= 11 is 2.65. The molecule has 200 valence electrons. The van der Waals surface area contributed by atoms with Crippen LogP contribution in [0.25, 0.3) is 0 Å². The average molecular weight is 601 g/mol. The molecule has 3 N–H and O–H groups in total.